The van der Waals surface area contributed by atoms with E-state index in [1.54, 1.807) is 9.80 Å². The normalized spacial score (nSPS) is 20.0. The maximum absolute atomic E-state index is 12.3. The van der Waals surface area contributed by atoms with Gasteiger partial charge in [-0.2, -0.15) is 0 Å². The van der Waals surface area contributed by atoms with E-state index < -0.39 is 12.1 Å². The Morgan fingerprint density at radius 2 is 2.17 bits per heavy atom. The molecule has 0 radical (unpaired) electrons. The molecule has 1 rings (SSSR count). The fraction of sp³-hybridized carbons (Fsp3) is 0.833. The second kappa shape index (κ2) is 6.58. The predicted molar refractivity (Wildman–Crippen MR) is 66.5 cm³/mol. The zero-order valence-electron chi connectivity index (χ0n) is 11.3. The van der Waals surface area contributed by atoms with E-state index in [0.717, 1.165) is 0 Å². The zero-order chi connectivity index (χ0) is 13.7. The fourth-order valence-electron chi connectivity index (χ4n) is 2.11. The fourth-order valence-corrected chi connectivity index (χ4v) is 2.11. The van der Waals surface area contributed by atoms with E-state index in [2.05, 4.69) is 0 Å². The first-order valence-electron chi connectivity index (χ1n) is 6.34. The van der Waals surface area contributed by atoms with Gasteiger partial charge in [0.15, 0.2) is 0 Å². The lowest BCUT2D eigenvalue weighted by Crippen LogP contribution is -2.52. The largest absolute Gasteiger partial charge is 0.481 e. The molecule has 0 spiro atoms. The van der Waals surface area contributed by atoms with Crippen molar-refractivity contribution in [2.45, 2.75) is 39.3 Å². The highest BCUT2D eigenvalue weighted by Crippen LogP contribution is 2.12. The maximum Gasteiger partial charge on any atom is 0.320 e. The van der Waals surface area contributed by atoms with Gasteiger partial charge in [-0.25, -0.2) is 4.79 Å². The Morgan fingerprint density at radius 1 is 1.50 bits per heavy atom. The number of carbonyl (C=O) groups excluding carboxylic acids is 1. The summed E-state index contributed by atoms with van der Waals surface area (Å²) in [6, 6.07) is 0.106. The van der Waals surface area contributed by atoms with Crippen LogP contribution in [0.3, 0.4) is 0 Å². The average Bonchev–Trinajstić information content (AvgIpc) is 2.28. The highest BCUT2D eigenvalue weighted by molar-refractivity contribution is 5.75. The summed E-state index contributed by atoms with van der Waals surface area (Å²) in [7, 11) is 0. The van der Waals surface area contributed by atoms with E-state index in [1.807, 2.05) is 20.8 Å². The van der Waals surface area contributed by atoms with Crippen molar-refractivity contribution in [1.82, 2.24) is 9.80 Å². The minimum Gasteiger partial charge on any atom is -0.481 e. The third kappa shape index (κ3) is 3.87. The molecule has 1 aliphatic rings. The Hall–Kier alpha value is -1.30. The zero-order valence-corrected chi connectivity index (χ0v) is 11.3. The molecule has 1 saturated heterocycles. The van der Waals surface area contributed by atoms with Gasteiger partial charge in [-0.1, -0.05) is 0 Å². The van der Waals surface area contributed by atoms with Crippen LogP contribution >= 0.6 is 0 Å². The summed E-state index contributed by atoms with van der Waals surface area (Å²) >= 11 is 0. The summed E-state index contributed by atoms with van der Waals surface area (Å²) in [6.07, 6.45) is -0.455. The molecule has 0 aromatic heterocycles. The molecule has 1 heterocycles. The van der Waals surface area contributed by atoms with Crippen molar-refractivity contribution in [2.24, 2.45) is 0 Å². The monoisotopic (exact) mass is 258 g/mol. The molecule has 0 aromatic carbocycles. The molecular weight excluding hydrogens is 236 g/mol. The van der Waals surface area contributed by atoms with Crippen molar-refractivity contribution >= 4 is 12.0 Å². The highest BCUT2D eigenvalue weighted by atomic mass is 16.5. The van der Waals surface area contributed by atoms with Crippen LogP contribution in [0.1, 0.15) is 27.2 Å². The van der Waals surface area contributed by atoms with Gasteiger partial charge >= 0.3 is 12.0 Å². The van der Waals surface area contributed by atoms with Crippen LogP contribution in [-0.2, 0) is 9.53 Å². The molecule has 0 bridgehead atoms. The molecule has 6 heteroatoms. The van der Waals surface area contributed by atoms with Crippen LogP contribution < -0.4 is 0 Å². The van der Waals surface area contributed by atoms with Crippen molar-refractivity contribution in [1.29, 1.82) is 0 Å². The summed E-state index contributed by atoms with van der Waals surface area (Å²) in [4.78, 5) is 26.3. The number of hydrogen-bond donors (Lipinski definition) is 1. The van der Waals surface area contributed by atoms with Gasteiger partial charge in [0.2, 0.25) is 0 Å². The summed E-state index contributed by atoms with van der Waals surface area (Å²) in [5, 5.41) is 8.74. The number of ether oxygens (including phenoxy) is 1. The lowest BCUT2D eigenvalue weighted by molar-refractivity contribution is -0.141. The van der Waals surface area contributed by atoms with Crippen molar-refractivity contribution in [2.75, 3.05) is 26.2 Å². The second-order valence-electron chi connectivity index (χ2n) is 4.70. The smallest absolute Gasteiger partial charge is 0.320 e. The number of morpholine rings is 1. The molecule has 0 aromatic rings. The number of aliphatic carboxylic acids is 1. The van der Waals surface area contributed by atoms with Gasteiger partial charge in [0.25, 0.3) is 0 Å². The Balaban J connectivity index is 2.60. The minimum absolute atomic E-state index is 0.0359. The quantitative estimate of drug-likeness (QED) is 0.817. The molecule has 1 fully saturated rings. The first-order chi connectivity index (χ1) is 8.45. The third-order valence-corrected chi connectivity index (χ3v) is 3.02. The number of carbonyl (C=O) groups is 2. The standard InChI is InChI=1S/C12H22N2O4/c1-4-14(9(2)3)12(17)13-5-6-18-10(8-13)7-11(15)16/h9-10H,4-8H2,1-3H3,(H,15,16). The van der Waals surface area contributed by atoms with Crippen molar-refractivity contribution in [3.05, 3.63) is 0 Å². The Morgan fingerprint density at radius 3 is 2.67 bits per heavy atom. The van der Waals surface area contributed by atoms with E-state index >= 15 is 0 Å². The van der Waals surface area contributed by atoms with Gasteiger partial charge < -0.3 is 19.6 Å². The third-order valence-electron chi connectivity index (χ3n) is 3.02. The maximum atomic E-state index is 12.3. The Labute approximate surface area is 107 Å². The summed E-state index contributed by atoms with van der Waals surface area (Å²) in [5.74, 6) is -0.898. The minimum atomic E-state index is -0.898. The summed E-state index contributed by atoms with van der Waals surface area (Å²) in [5.41, 5.74) is 0. The topological polar surface area (TPSA) is 70.1 Å². The highest BCUT2D eigenvalue weighted by Gasteiger charge is 2.29. The van der Waals surface area contributed by atoms with E-state index in [1.165, 1.54) is 0 Å². The molecule has 1 N–H and O–H groups in total. The lowest BCUT2D eigenvalue weighted by atomic mass is 10.2. The van der Waals surface area contributed by atoms with E-state index in [4.69, 9.17) is 9.84 Å². The molecular formula is C12H22N2O4. The molecule has 1 atom stereocenters. The molecule has 18 heavy (non-hydrogen) atoms. The van der Waals surface area contributed by atoms with Gasteiger partial charge in [-0.3, -0.25) is 4.79 Å². The van der Waals surface area contributed by atoms with Crippen molar-refractivity contribution in [3.8, 4) is 0 Å². The molecule has 2 amide bonds. The number of carboxylic acids is 1. The first-order valence-corrected chi connectivity index (χ1v) is 6.34. The van der Waals surface area contributed by atoms with Gasteiger partial charge in [-0.15, -0.1) is 0 Å². The van der Waals surface area contributed by atoms with Crippen LogP contribution in [0.4, 0.5) is 4.79 Å². The van der Waals surface area contributed by atoms with Crippen molar-refractivity contribution < 1.29 is 19.4 Å². The van der Waals surface area contributed by atoms with Crippen molar-refractivity contribution in [3.63, 3.8) is 0 Å². The van der Waals surface area contributed by atoms with Crippen LogP contribution in [0.2, 0.25) is 0 Å². The molecule has 1 unspecified atom stereocenters. The molecule has 0 saturated carbocycles. The van der Waals surface area contributed by atoms with Crippen LogP contribution in [0, 0.1) is 0 Å². The van der Waals surface area contributed by atoms with Gasteiger partial charge in [0, 0.05) is 25.7 Å². The summed E-state index contributed by atoms with van der Waals surface area (Å²) < 4.78 is 5.35. The molecule has 0 aliphatic carbocycles. The second-order valence-corrected chi connectivity index (χ2v) is 4.70. The van der Waals surface area contributed by atoms with Crippen LogP contribution in [0.5, 0.6) is 0 Å². The predicted octanol–water partition coefficient (Wildman–Crippen LogP) is 1.01. The molecule has 104 valence electrons. The Bertz CT molecular complexity index is 306. The number of rotatable bonds is 4. The van der Waals surface area contributed by atoms with Gasteiger partial charge in [0.05, 0.1) is 19.1 Å². The number of hydrogen-bond acceptors (Lipinski definition) is 3. The van der Waals surface area contributed by atoms with Gasteiger partial charge in [0.1, 0.15) is 0 Å². The number of amides is 2. The Kier molecular flexibility index (Phi) is 5.40. The molecule has 1 aliphatic heterocycles. The SMILES string of the molecule is CCN(C(=O)N1CCOC(CC(=O)O)C1)C(C)C. The first kappa shape index (κ1) is 14.8. The van der Waals surface area contributed by atoms with Gasteiger partial charge in [-0.05, 0) is 20.8 Å². The van der Waals surface area contributed by atoms with E-state index in [9.17, 15) is 9.59 Å². The van der Waals surface area contributed by atoms with Crippen LogP contribution in [0.25, 0.3) is 0 Å². The summed E-state index contributed by atoms with van der Waals surface area (Å²) in [6.45, 7) is 7.81. The van der Waals surface area contributed by atoms with E-state index in [0.29, 0.717) is 26.2 Å². The average molecular weight is 258 g/mol. The lowest BCUT2D eigenvalue weighted by Gasteiger charge is -2.37. The number of carboxylic acid groups (broad SMARTS) is 1. The van der Waals surface area contributed by atoms with Crippen LogP contribution in [0.15, 0.2) is 0 Å². The number of nitrogens with zero attached hydrogens (tertiary/aromatic N) is 2. The van der Waals surface area contributed by atoms with E-state index in [-0.39, 0.29) is 18.5 Å². The molecule has 6 nitrogen and oxygen atoms in total. The number of urea groups is 1. The van der Waals surface area contributed by atoms with Crippen LogP contribution in [-0.4, -0.2) is 65.3 Å².